The summed E-state index contributed by atoms with van der Waals surface area (Å²) < 4.78 is 2.28. The van der Waals surface area contributed by atoms with Gasteiger partial charge in [-0.1, -0.05) is 97.1 Å². The third-order valence-electron chi connectivity index (χ3n) is 5.82. The summed E-state index contributed by atoms with van der Waals surface area (Å²) in [7, 11) is 0. The highest BCUT2D eigenvalue weighted by atomic mass is 15.1. The van der Waals surface area contributed by atoms with Crippen LogP contribution >= 0.6 is 0 Å². The van der Waals surface area contributed by atoms with Gasteiger partial charge >= 0.3 is 0 Å². The van der Waals surface area contributed by atoms with Crippen LogP contribution in [-0.4, -0.2) is 14.5 Å². The van der Waals surface area contributed by atoms with Crippen molar-refractivity contribution in [1.82, 2.24) is 14.5 Å². The van der Waals surface area contributed by atoms with Gasteiger partial charge in [0.2, 0.25) is 0 Å². The highest BCUT2D eigenvalue weighted by Gasteiger charge is 2.23. The van der Waals surface area contributed by atoms with Crippen LogP contribution in [0, 0.1) is 0 Å². The fourth-order valence-electron chi connectivity index (χ4n) is 4.35. The molecule has 2 heterocycles. The second kappa shape index (κ2) is 7.71. The number of para-hydroxylation sites is 2. The molecule has 1 N–H and O–H groups in total. The van der Waals surface area contributed by atoms with E-state index in [2.05, 4.69) is 119 Å². The molecule has 3 nitrogen and oxygen atoms in total. The van der Waals surface area contributed by atoms with Gasteiger partial charge in [0, 0.05) is 39.5 Å². The highest BCUT2D eigenvalue weighted by molar-refractivity contribution is 5.96. The van der Waals surface area contributed by atoms with E-state index in [4.69, 9.17) is 4.98 Å². The second-order valence-corrected chi connectivity index (χ2v) is 7.78. The van der Waals surface area contributed by atoms with Gasteiger partial charge in [0.15, 0.2) is 0 Å². The quantitative estimate of drug-likeness (QED) is 0.323. The van der Waals surface area contributed by atoms with Gasteiger partial charge in [-0.15, -0.1) is 0 Å². The zero-order valence-electron chi connectivity index (χ0n) is 17.4. The standard InChI is InChI=1S/C29H21N3/c1-4-12-21(13-5-1)27-28(22-14-6-2-7-15-22)32(23-16-8-3-9-17-23)29(31-27)25-20-30-26-19-11-10-18-24(25)26/h1-20,30H. The summed E-state index contributed by atoms with van der Waals surface area (Å²) in [6, 6.07) is 39.8. The van der Waals surface area contributed by atoms with Crippen LogP contribution in [0.2, 0.25) is 0 Å². The predicted octanol–water partition coefficient (Wildman–Crippen LogP) is 7.35. The van der Waals surface area contributed by atoms with Crippen molar-refractivity contribution in [3.8, 4) is 39.6 Å². The normalized spacial score (nSPS) is 11.1. The third kappa shape index (κ3) is 3.03. The summed E-state index contributed by atoms with van der Waals surface area (Å²) in [4.78, 5) is 8.69. The molecule has 3 heteroatoms. The van der Waals surface area contributed by atoms with E-state index in [9.17, 15) is 0 Å². The Morgan fingerprint density at radius 1 is 0.594 bits per heavy atom. The Kier molecular flexibility index (Phi) is 4.43. The van der Waals surface area contributed by atoms with Crippen LogP contribution in [-0.2, 0) is 0 Å². The van der Waals surface area contributed by atoms with Gasteiger partial charge in [0.25, 0.3) is 0 Å². The molecule has 152 valence electrons. The second-order valence-electron chi connectivity index (χ2n) is 7.78. The molecule has 0 aliphatic carbocycles. The maximum absolute atomic E-state index is 5.27. The van der Waals surface area contributed by atoms with Gasteiger partial charge < -0.3 is 4.98 Å². The Bertz CT molecular complexity index is 1490. The molecule has 0 radical (unpaired) electrons. The van der Waals surface area contributed by atoms with Crippen LogP contribution in [0.3, 0.4) is 0 Å². The molecule has 0 atom stereocenters. The summed E-state index contributed by atoms with van der Waals surface area (Å²) in [6.07, 6.45) is 2.07. The molecule has 4 aromatic carbocycles. The summed E-state index contributed by atoms with van der Waals surface area (Å²) in [6.45, 7) is 0. The number of nitrogens with zero attached hydrogens (tertiary/aromatic N) is 2. The molecule has 0 saturated heterocycles. The van der Waals surface area contributed by atoms with E-state index >= 15 is 0 Å². The van der Waals surface area contributed by atoms with Crippen molar-refractivity contribution < 1.29 is 0 Å². The van der Waals surface area contributed by atoms with Crippen LogP contribution in [0.1, 0.15) is 0 Å². The average molecular weight is 412 g/mol. The van der Waals surface area contributed by atoms with Gasteiger partial charge in [0.05, 0.1) is 11.4 Å². The molecule has 0 unspecified atom stereocenters. The van der Waals surface area contributed by atoms with E-state index in [0.717, 1.165) is 50.5 Å². The molecule has 6 rings (SSSR count). The third-order valence-corrected chi connectivity index (χ3v) is 5.82. The minimum atomic E-state index is 0.923. The van der Waals surface area contributed by atoms with Crippen molar-refractivity contribution in [2.75, 3.05) is 0 Å². The maximum Gasteiger partial charge on any atom is 0.147 e. The Morgan fingerprint density at radius 2 is 1.19 bits per heavy atom. The van der Waals surface area contributed by atoms with Crippen molar-refractivity contribution in [3.05, 3.63) is 121 Å². The highest BCUT2D eigenvalue weighted by Crippen LogP contribution is 2.40. The van der Waals surface area contributed by atoms with Crippen molar-refractivity contribution >= 4 is 10.9 Å². The van der Waals surface area contributed by atoms with Crippen molar-refractivity contribution in [2.24, 2.45) is 0 Å². The molecule has 0 fully saturated rings. The Hall–Kier alpha value is -4.37. The zero-order valence-corrected chi connectivity index (χ0v) is 17.4. The molecule has 0 bridgehead atoms. The van der Waals surface area contributed by atoms with E-state index in [1.807, 2.05) is 12.1 Å². The number of aromatic amines is 1. The molecule has 0 amide bonds. The number of benzene rings is 4. The number of imidazole rings is 1. The number of hydrogen-bond donors (Lipinski definition) is 1. The summed E-state index contributed by atoms with van der Waals surface area (Å²) in [5.74, 6) is 0.923. The van der Waals surface area contributed by atoms with Crippen LogP contribution in [0.15, 0.2) is 121 Å². The van der Waals surface area contributed by atoms with E-state index in [0.29, 0.717) is 0 Å². The van der Waals surface area contributed by atoms with Crippen LogP contribution in [0.4, 0.5) is 0 Å². The van der Waals surface area contributed by atoms with Crippen LogP contribution in [0.5, 0.6) is 0 Å². The van der Waals surface area contributed by atoms with Gasteiger partial charge in [-0.05, 0) is 18.2 Å². The minimum Gasteiger partial charge on any atom is -0.360 e. The van der Waals surface area contributed by atoms with Gasteiger partial charge in [0.1, 0.15) is 5.82 Å². The first kappa shape index (κ1) is 18.4. The van der Waals surface area contributed by atoms with Crippen LogP contribution < -0.4 is 0 Å². The lowest BCUT2D eigenvalue weighted by molar-refractivity contribution is 1.08. The number of aromatic nitrogens is 3. The van der Waals surface area contributed by atoms with E-state index in [1.165, 1.54) is 0 Å². The number of fused-ring (bicyclic) bond motifs is 1. The molecule has 0 aliphatic heterocycles. The Balaban J connectivity index is 1.74. The first-order valence-electron chi connectivity index (χ1n) is 10.8. The molecule has 2 aromatic heterocycles. The number of rotatable bonds is 4. The van der Waals surface area contributed by atoms with Gasteiger partial charge in [-0.25, -0.2) is 4.98 Å². The molecule has 0 spiro atoms. The summed E-state index contributed by atoms with van der Waals surface area (Å²) >= 11 is 0. The minimum absolute atomic E-state index is 0.923. The lowest BCUT2D eigenvalue weighted by atomic mass is 10.0. The Morgan fingerprint density at radius 3 is 1.91 bits per heavy atom. The van der Waals surface area contributed by atoms with E-state index < -0.39 is 0 Å². The van der Waals surface area contributed by atoms with E-state index in [-0.39, 0.29) is 0 Å². The topological polar surface area (TPSA) is 33.6 Å². The smallest absolute Gasteiger partial charge is 0.147 e. The SMILES string of the molecule is c1ccc(-c2nc(-c3c[nH]c4ccccc34)n(-c3ccccc3)c2-c2ccccc2)cc1. The molecule has 6 aromatic rings. The molecular weight excluding hydrogens is 390 g/mol. The summed E-state index contributed by atoms with van der Waals surface area (Å²) in [5.41, 5.74) is 7.57. The first-order valence-corrected chi connectivity index (χ1v) is 10.8. The fraction of sp³-hybridized carbons (Fsp3) is 0. The monoisotopic (exact) mass is 411 g/mol. The predicted molar refractivity (Wildman–Crippen MR) is 132 cm³/mol. The van der Waals surface area contributed by atoms with Crippen molar-refractivity contribution in [1.29, 1.82) is 0 Å². The zero-order chi connectivity index (χ0) is 21.3. The van der Waals surface area contributed by atoms with Crippen molar-refractivity contribution in [3.63, 3.8) is 0 Å². The molecule has 32 heavy (non-hydrogen) atoms. The fourth-order valence-corrected chi connectivity index (χ4v) is 4.35. The lowest BCUT2D eigenvalue weighted by Gasteiger charge is -2.13. The molecule has 0 aliphatic rings. The maximum atomic E-state index is 5.27. The lowest BCUT2D eigenvalue weighted by Crippen LogP contribution is -2.00. The largest absolute Gasteiger partial charge is 0.360 e. The van der Waals surface area contributed by atoms with Crippen LogP contribution in [0.25, 0.3) is 50.5 Å². The Labute approximate surface area is 186 Å². The molecular formula is C29H21N3. The summed E-state index contributed by atoms with van der Waals surface area (Å²) in [5, 5.41) is 1.16. The van der Waals surface area contributed by atoms with Gasteiger partial charge in [-0.3, -0.25) is 4.57 Å². The number of hydrogen-bond acceptors (Lipinski definition) is 1. The molecule has 0 saturated carbocycles. The van der Waals surface area contributed by atoms with Crippen molar-refractivity contribution in [2.45, 2.75) is 0 Å². The average Bonchev–Trinajstić information content (AvgIpc) is 3.47. The number of H-pyrrole nitrogens is 1. The number of nitrogens with one attached hydrogen (secondary N) is 1. The van der Waals surface area contributed by atoms with Gasteiger partial charge in [-0.2, -0.15) is 0 Å². The first-order chi connectivity index (χ1) is 15.9. The van der Waals surface area contributed by atoms with E-state index in [1.54, 1.807) is 0 Å².